The first-order chi connectivity index (χ1) is 9.42. The molecule has 2 aliphatic carbocycles. The summed E-state index contributed by atoms with van der Waals surface area (Å²) in [6, 6.07) is 11.1. The summed E-state index contributed by atoms with van der Waals surface area (Å²) < 4.78 is 5.04. The summed E-state index contributed by atoms with van der Waals surface area (Å²) in [6.07, 6.45) is 13.3. The van der Waals surface area contributed by atoms with Gasteiger partial charge < -0.3 is 0 Å². The Hall–Kier alpha value is -1.11. The zero-order chi connectivity index (χ0) is 12.7. The molecule has 0 saturated carbocycles. The number of benzene rings is 1. The molecule has 0 unspecified atom stereocenters. The number of allylic oxidation sites excluding steroid dienone is 8. The predicted molar refractivity (Wildman–Crippen MR) is 76.3 cm³/mol. The number of hydrogen-bond donors (Lipinski definition) is 0. The Morgan fingerprint density at radius 2 is 1.47 bits per heavy atom. The summed E-state index contributed by atoms with van der Waals surface area (Å²) in [5.41, 5.74) is 4.87. The SMILES string of the molecule is C1=CC2=[C](C1)[Ti]([CH2]c1ccccc1)[C]1=C(C=CC1)C2. The quantitative estimate of drug-likeness (QED) is 0.693. The third-order valence-electron chi connectivity index (χ3n) is 4.39. The van der Waals surface area contributed by atoms with Crippen LogP contribution in [0, 0.1) is 0 Å². The molecule has 0 bridgehead atoms. The molecule has 1 aromatic carbocycles. The Morgan fingerprint density at radius 1 is 0.842 bits per heavy atom. The molecule has 0 aromatic heterocycles. The molecule has 1 heterocycles. The van der Waals surface area contributed by atoms with E-state index in [9.17, 15) is 0 Å². The fourth-order valence-corrected chi connectivity index (χ4v) is 8.59. The summed E-state index contributed by atoms with van der Waals surface area (Å²) in [6.45, 7) is 0. The van der Waals surface area contributed by atoms with E-state index in [2.05, 4.69) is 54.6 Å². The van der Waals surface area contributed by atoms with Gasteiger partial charge in [-0.2, -0.15) is 0 Å². The number of hydrogen-bond acceptors (Lipinski definition) is 0. The Bertz CT molecular complexity index is 593. The van der Waals surface area contributed by atoms with Crippen molar-refractivity contribution in [1.82, 2.24) is 0 Å². The van der Waals surface area contributed by atoms with E-state index in [-0.39, 0.29) is 0 Å². The zero-order valence-corrected chi connectivity index (χ0v) is 12.6. The second-order valence-corrected chi connectivity index (χ2v) is 9.47. The van der Waals surface area contributed by atoms with Crippen LogP contribution >= 0.6 is 0 Å². The van der Waals surface area contributed by atoms with E-state index < -0.39 is 17.9 Å². The van der Waals surface area contributed by atoms with Crippen LogP contribution in [0.1, 0.15) is 24.8 Å². The van der Waals surface area contributed by atoms with Gasteiger partial charge in [0.1, 0.15) is 0 Å². The fourth-order valence-electron chi connectivity index (χ4n) is 3.47. The van der Waals surface area contributed by atoms with E-state index in [4.69, 9.17) is 0 Å². The third kappa shape index (κ3) is 2.04. The van der Waals surface area contributed by atoms with Gasteiger partial charge in [-0.05, 0) is 0 Å². The van der Waals surface area contributed by atoms with Crippen molar-refractivity contribution in [3.8, 4) is 0 Å². The van der Waals surface area contributed by atoms with Crippen LogP contribution in [0.5, 0.6) is 0 Å². The average Bonchev–Trinajstić information content (AvgIpc) is 3.08. The van der Waals surface area contributed by atoms with Crippen molar-refractivity contribution >= 4 is 0 Å². The fraction of sp³-hybridized carbons (Fsp3) is 0.222. The first kappa shape index (κ1) is 11.7. The van der Waals surface area contributed by atoms with E-state index in [0.29, 0.717) is 0 Å². The van der Waals surface area contributed by atoms with Crippen molar-refractivity contribution in [3.05, 3.63) is 79.1 Å². The average molecular weight is 281 g/mol. The molecule has 4 rings (SSSR count). The summed E-state index contributed by atoms with van der Waals surface area (Å²) in [5.74, 6) is 0. The van der Waals surface area contributed by atoms with Crippen LogP contribution in [0.4, 0.5) is 0 Å². The molecule has 0 saturated heterocycles. The summed E-state index contributed by atoms with van der Waals surface area (Å²) in [4.78, 5) is 0. The van der Waals surface area contributed by atoms with Crippen LogP contribution in [-0.4, -0.2) is 0 Å². The van der Waals surface area contributed by atoms with Gasteiger partial charge in [0, 0.05) is 0 Å². The Morgan fingerprint density at radius 3 is 2.11 bits per heavy atom. The van der Waals surface area contributed by atoms with E-state index in [1.54, 1.807) is 11.1 Å². The summed E-state index contributed by atoms with van der Waals surface area (Å²) >= 11 is -1.26. The van der Waals surface area contributed by atoms with Gasteiger partial charge in [-0.25, -0.2) is 0 Å². The van der Waals surface area contributed by atoms with Gasteiger partial charge in [-0.3, -0.25) is 0 Å². The van der Waals surface area contributed by atoms with Crippen LogP contribution in [0.25, 0.3) is 0 Å². The molecule has 0 N–H and O–H groups in total. The van der Waals surface area contributed by atoms with Crippen LogP contribution in [0.2, 0.25) is 0 Å². The van der Waals surface area contributed by atoms with Crippen molar-refractivity contribution in [2.45, 2.75) is 24.0 Å². The molecule has 1 heteroatoms. The second-order valence-electron chi connectivity index (χ2n) is 5.54. The molecule has 1 aliphatic heterocycles. The van der Waals surface area contributed by atoms with E-state index in [1.807, 2.05) is 7.76 Å². The third-order valence-corrected chi connectivity index (χ3v) is 9.50. The van der Waals surface area contributed by atoms with Crippen molar-refractivity contribution < 1.29 is 17.9 Å². The summed E-state index contributed by atoms with van der Waals surface area (Å²) in [7, 11) is 0. The summed E-state index contributed by atoms with van der Waals surface area (Å²) in [5, 5.41) is 0. The molecular formula is C18H17Ti. The minimum absolute atomic E-state index is 1.21. The monoisotopic (exact) mass is 281 g/mol. The second kappa shape index (κ2) is 4.78. The van der Waals surface area contributed by atoms with Crippen molar-refractivity contribution in [2.24, 2.45) is 0 Å². The maximum atomic E-state index is 2.39. The van der Waals surface area contributed by atoms with Crippen molar-refractivity contribution in [3.63, 3.8) is 0 Å². The standard InChI is InChI=1S/C11H10.C7H7.Ti/c1-2-6-10(5-1)9-11-7-3-4-8-11;1-7-5-3-2-4-6-7;/h1,3,5,7H,2,4,9H2;2-6H,1H2;. The van der Waals surface area contributed by atoms with Crippen molar-refractivity contribution in [2.75, 3.05) is 0 Å². The molecule has 93 valence electrons. The molecule has 0 fully saturated rings. The molecule has 19 heavy (non-hydrogen) atoms. The van der Waals surface area contributed by atoms with Gasteiger partial charge >= 0.3 is 121 Å². The molecule has 1 aromatic rings. The molecule has 0 spiro atoms. The molecule has 3 aliphatic rings. The van der Waals surface area contributed by atoms with Crippen LogP contribution < -0.4 is 0 Å². The minimum atomic E-state index is -1.26. The first-order valence-corrected chi connectivity index (χ1v) is 9.76. The predicted octanol–water partition coefficient (Wildman–Crippen LogP) is 4.64. The van der Waals surface area contributed by atoms with E-state index in [1.165, 1.54) is 29.6 Å². The Labute approximate surface area is 121 Å². The zero-order valence-electron chi connectivity index (χ0n) is 11.0. The Balaban J connectivity index is 1.70. The normalized spacial score (nSPS) is 20.3. The van der Waals surface area contributed by atoms with Gasteiger partial charge in [-0.15, -0.1) is 0 Å². The van der Waals surface area contributed by atoms with Gasteiger partial charge in [-0.1, -0.05) is 0 Å². The van der Waals surface area contributed by atoms with Crippen molar-refractivity contribution in [1.29, 1.82) is 0 Å². The molecule has 0 radical (unpaired) electrons. The topological polar surface area (TPSA) is 0 Å². The Kier molecular flexibility index (Phi) is 2.94. The van der Waals surface area contributed by atoms with E-state index in [0.717, 1.165) is 0 Å². The van der Waals surface area contributed by atoms with Gasteiger partial charge in [0.2, 0.25) is 0 Å². The van der Waals surface area contributed by atoms with Gasteiger partial charge in [0.25, 0.3) is 0 Å². The number of rotatable bonds is 2. The first-order valence-electron chi connectivity index (χ1n) is 7.09. The van der Waals surface area contributed by atoms with Gasteiger partial charge in [0.15, 0.2) is 0 Å². The van der Waals surface area contributed by atoms with Crippen LogP contribution in [-0.2, 0) is 22.6 Å². The molecule has 0 atom stereocenters. The molecule has 0 amide bonds. The maximum absolute atomic E-state index is 2.39. The molecular weight excluding hydrogens is 264 g/mol. The van der Waals surface area contributed by atoms with Crippen LogP contribution in [0.3, 0.4) is 0 Å². The molecule has 0 nitrogen and oxygen atoms in total. The van der Waals surface area contributed by atoms with E-state index >= 15 is 0 Å². The van der Waals surface area contributed by atoms with Crippen LogP contribution in [0.15, 0.2) is 73.5 Å². The van der Waals surface area contributed by atoms with Gasteiger partial charge in [0.05, 0.1) is 0 Å².